The Morgan fingerprint density at radius 2 is 1.90 bits per heavy atom. The first-order valence-corrected chi connectivity index (χ1v) is 15.0. The van der Waals surface area contributed by atoms with Crippen LogP contribution in [-0.4, -0.2) is 43.4 Å². The number of alkyl halides is 2. The van der Waals surface area contributed by atoms with Crippen molar-refractivity contribution in [3.8, 4) is 0 Å². The number of nitrogens with zero attached hydrogens (tertiary/aromatic N) is 4. The molecule has 0 unspecified atom stereocenters. The average Bonchev–Trinajstić information content (AvgIpc) is 3.67. The lowest BCUT2D eigenvalue weighted by Gasteiger charge is -2.60. The number of benzene rings is 1. The monoisotopic (exact) mass is 560 g/mol. The molecule has 0 bridgehead atoms. The Hall–Kier alpha value is -2.79. The van der Waals surface area contributed by atoms with Crippen LogP contribution in [0.3, 0.4) is 0 Å². The number of hydrogen-bond donors (Lipinski definition) is 0. The number of methoxy groups -OCH3 is 1. The van der Waals surface area contributed by atoms with Crippen molar-refractivity contribution < 1.29 is 22.1 Å². The number of rotatable bonds is 7. The molecule has 1 atom stereocenters. The van der Waals surface area contributed by atoms with E-state index in [1.807, 2.05) is 0 Å². The predicted molar refractivity (Wildman–Crippen MR) is 142 cm³/mol. The smallest absolute Gasteiger partial charge is 0.266 e. The van der Waals surface area contributed by atoms with Gasteiger partial charge >= 0.3 is 0 Å². The topological polar surface area (TPSA) is 86.4 Å². The second-order valence-electron chi connectivity index (χ2n) is 11.6. The lowest BCUT2D eigenvalue weighted by Crippen LogP contribution is -2.64. The molecule has 1 aromatic carbocycles. The molecule has 1 aliphatic heterocycles. The van der Waals surface area contributed by atoms with Crippen molar-refractivity contribution in [3.05, 3.63) is 69.1 Å². The van der Waals surface area contributed by atoms with E-state index in [2.05, 4.69) is 14.3 Å². The molecule has 1 spiro atoms. The van der Waals surface area contributed by atoms with Gasteiger partial charge in [-0.2, -0.15) is 0 Å². The predicted octanol–water partition coefficient (Wildman–Crippen LogP) is 5.02. The van der Waals surface area contributed by atoms with Crippen LogP contribution in [0.15, 0.2) is 39.8 Å². The molecular formula is C28H31F3N4O3S. The molecule has 3 heterocycles. The highest BCUT2D eigenvalue weighted by Gasteiger charge is 2.64. The van der Waals surface area contributed by atoms with Crippen molar-refractivity contribution in [1.29, 1.82) is 0 Å². The van der Waals surface area contributed by atoms with Crippen molar-refractivity contribution in [3.63, 3.8) is 0 Å². The Labute approximate surface area is 225 Å². The number of ether oxygens (including phenoxy) is 1. The van der Waals surface area contributed by atoms with E-state index >= 15 is 0 Å². The van der Waals surface area contributed by atoms with Crippen molar-refractivity contribution in [2.75, 3.05) is 18.6 Å². The summed E-state index contributed by atoms with van der Waals surface area (Å²) in [6, 6.07) is 6.06. The molecule has 0 N–H and O–H groups in total. The van der Waals surface area contributed by atoms with Crippen LogP contribution in [0.1, 0.15) is 67.3 Å². The molecule has 2 aromatic heterocycles. The highest BCUT2D eigenvalue weighted by Crippen LogP contribution is 2.61. The zero-order valence-electron chi connectivity index (χ0n) is 22.1. The molecule has 3 aliphatic rings. The van der Waals surface area contributed by atoms with Gasteiger partial charge in [0.25, 0.3) is 12.0 Å². The van der Waals surface area contributed by atoms with Gasteiger partial charge in [-0.15, -0.1) is 0 Å². The van der Waals surface area contributed by atoms with Gasteiger partial charge in [-0.3, -0.25) is 9.36 Å². The van der Waals surface area contributed by atoms with Crippen molar-refractivity contribution >= 4 is 20.8 Å². The van der Waals surface area contributed by atoms with E-state index in [0.29, 0.717) is 46.6 Å². The SMILES string of the molecule is COC1(c2cc3c(C[C@H](C)c4cccc(C(F)F)c4F)ncnc3n(C)c2=O)CC2(C1)CS(=O)(=NC1CC1)C2. The maximum Gasteiger partial charge on any atom is 0.266 e. The Kier molecular flexibility index (Phi) is 6.18. The highest BCUT2D eigenvalue weighted by molar-refractivity contribution is 7.95. The zero-order valence-corrected chi connectivity index (χ0v) is 22.9. The lowest BCUT2D eigenvalue weighted by atomic mass is 9.58. The van der Waals surface area contributed by atoms with E-state index in [1.165, 1.54) is 23.0 Å². The lowest BCUT2D eigenvalue weighted by molar-refractivity contribution is -0.148. The summed E-state index contributed by atoms with van der Waals surface area (Å²) in [5.74, 6) is -0.269. The van der Waals surface area contributed by atoms with Crippen LogP contribution in [0.2, 0.25) is 0 Å². The van der Waals surface area contributed by atoms with Gasteiger partial charge in [0.2, 0.25) is 0 Å². The minimum atomic E-state index is -2.91. The second kappa shape index (κ2) is 9.12. The Morgan fingerprint density at radius 3 is 2.54 bits per heavy atom. The first-order valence-electron chi connectivity index (χ1n) is 13.2. The van der Waals surface area contributed by atoms with E-state index in [4.69, 9.17) is 4.74 Å². The third-order valence-electron chi connectivity index (χ3n) is 8.57. The molecule has 6 rings (SSSR count). The maximum absolute atomic E-state index is 14.9. The van der Waals surface area contributed by atoms with E-state index in [0.717, 1.165) is 18.9 Å². The first-order chi connectivity index (χ1) is 18.5. The standard InChI is InChI=1S/C28H31F3N4O3S/c1-16(18-5-4-6-19(23(18)29)24(30)31)9-22-20-10-21(26(36)35(2)25(20)33-15-32-22)28(38-3)11-27(12-28)13-39(37,14-27)34-17-7-8-17/h4-6,10,15-17,24H,7-9,11-14H2,1-3H3/t16-,27?,28?,39?/m0/s1. The molecule has 1 saturated heterocycles. The number of aryl methyl sites for hydroxylation is 1. The number of pyridine rings is 1. The average molecular weight is 561 g/mol. The summed E-state index contributed by atoms with van der Waals surface area (Å²) in [7, 11) is 1.07. The largest absolute Gasteiger partial charge is 0.373 e. The van der Waals surface area contributed by atoms with Crippen LogP contribution < -0.4 is 5.56 Å². The Morgan fingerprint density at radius 1 is 1.21 bits per heavy atom. The fourth-order valence-corrected chi connectivity index (χ4v) is 9.72. The molecule has 208 valence electrons. The summed E-state index contributed by atoms with van der Waals surface area (Å²) in [6.45, 7) is 1.76. The zero-order chi connectivity index (χ0) is 27.7. The van der Waals surface area contributed by atoms with Gasteiger partial charge in [0, 0.05) is 46.2 Å². The van der Waals surface area contributed by atoms with Crippen LogP contribution in [0.4, 0.5) is 13.2 Å². The quantitative estimate of drug-likeness (QED) is 0.405. The fraction of sp³-hybridized carbons (Fsp3) is 0.536. The van der Waals surface area contributed by atoms with Gasteiger partial charge in [0.05, 0.1) is 28.5 Å². The van der Waals surface area contributed by atoms with E-state index in [-0.39, 0.29) is 29.0 Å². The minimum absolute atomic E-state index is 0.136. The van der Waals surface area contributed by atoms with Gasteiger partial charge in [-0.1, -0.05) is 25.1 Å². The summed E-state index contributed by atoms with van der Waals surface area (Å²) in [5, 5.41) is 0.630. The first kappa shape index (κ1) is 26.4. The summed E-state index contributed by atoms with van der Waals surface area (Å²) in [4.78, 5) is 22.3. The number of aromatic nitrogens is 3. The number of fused-ring (bicyclic) bond motifs is 1. The molecule has 3 aromatic rings. The van der Waals surface area contributed by atoms with Crippen LogP contribution in [-0.2, 0) is 33.5 Å². The second-order valence-corrected chi connectivity index (χ2v) is 13.9. The van der Waals surface area contributed by atoms with Crippen molar-refractivity contribution in [1.82, 2.24) is 14.5 Å². The van der Waals surface area contributed by atoms with E-state index in [1.54, 1.807) is 27.1 Å². The van der Waals surface area contributed by atoms with Gasteiger partial charge in [-0.25, -0.2) is 31.7 Å². The Balaban J connectivity index is 1.34. The molecule has 11 heteroatoms. The molecule has 0 radical (unpaired) electrons. The summed E-state index contributed by atoms with van der Waals surface area (Å²) >= 11 is 0. The van der Waals surface area contributed by atoms with Gasteiger partial charge in [-0.05, 0) is 49.7 Å². The molecule has 39 heavy (non-hydrogen) atoms. The number of halogens is 3. The number of hydrogen-bond acceptors (Lipinski definition) is 6. The van der Waals surface area contributed by atoms with Crippen LogP contribution in [0.25, 0.3) is 11.0 Å². The van der Waals surface area contributed by atoms with Gasteiger partial charge in [0.15, 0.2) is 0 Å². The van der Waals surface area contributed by atoms with E-state index in [9.17, 15) is 22.2 Å². The van der Waals surface area contributed by atoms with Gasteiger partial charge in [0.1, 0.15) is 17.8 Å². The molecule has 7 nitrogen and oxygen atoms in total. The molecule has 2 aliphatic carbocycles. The van der Waals surface area contributed by atoms with Crippen LogP contribution in [0, 0.1) is 11.2 Å². The third kappa shape index (κ3) is 4.38. The fourth-order valence-electron chi connectivity index (χ4n) is 6.58. The van der Waals surface area contributed by atoms with Crippen LogP contribution in [0.5, 0.6) is 0 Å². The Bertz CT molecular complexity index is 1640. The molecule has 0 amide bonds. The molecule has 3 fully saturated rings. The highest BCUT2D eigenvalue weighted by atomic mass is 32.2. The molecular weight excluding hydrogens is 529 g/mol. The van der Waals surface area contributed by atoms with Crippen LogP contribution >= 0.6 is 0 Å². The third-order valence-corrected chi connectivity index (χ3v) is 11.4. The van der Waals surface area contributed by atoms with Gasteiger partial charge < -0.3 is 4.74 Å². The van der Waals surface area contributed by atoms with Crippen molar-refractivity contribution in [2.24, 2.45) is 16.8 Å². The molecule has 2 saturated carbocycles. The normalized spacial score (nSPS) is 28.9. The van der Waals surface area contributed by atoms with E-state index < -0.39 is 39.1 Å². The summed E-state index contributed by atoms with van der Waals surface area (Å²) in [5.41, 5.74) is -0.123. The minimum Gasteiger partial charge on any atom is -0.373 e. The van der Waals surface area contributed by atoms with Crippen molar-refractivity contribution in [2.45, 2.75) is 63.0 Å². The maximum atomic E-state index is 14.9. The summed E-state index contributed by atoms with van der Waals surface area (Å²) in [6.07, 6.45) is 1.91. The summed E-state index contributed by atoms with van der Waals surface area (Å²) < 4.78 is 66.4.